The number of benzene rings is 4. The van der Waals surface area contributed by atoms with Gasteiger partial charge in [0.05, 0.1) is 0 Å². The summed E-state index contributed by atoms with van der Waals surface area (Å²) in [5.74, 6) is 0. The van der Waals surface area contributed by atoms with Crippen LogP contribution in [0, 0.1) is 10.4 Å². The summed E-state index contributed by atoms with van der Waals surface area (Å²) in [5.41, 5.74) is 0. The normalized spacial score (nSPS) is 11.0. The van der Waals surface area contributed by atoms with Gasteiger partial charge in [0, 0.05) is 0 Å². The van der Waals surface area contributed by atoms with Gasteiger partial charge in [-0.3, -0.25) is 0 Å². The van der Waals surface area contributed by atoms with Crippen molar-refractivity contribution in [1.29, 1.82) is 0 Å². The van der Waals surface area contributed by atoms with Crippen molar-refractivity contribution < 1.29 is 22.1 Å². The molecule has 0 saturated heterocycles. The molecule has 0 unspecified atom stereocenters. The molecule has 0 aliphatic heterocycles. The summed E-state index contributed by atoms with van der Waals surface area (Å²) in [6, 6.07) is 25.4. The van der Waals surface area contributed by atoms with Crippen LogP contribution in [-0.4, -0.2) is 31.0 Å². The van der Waals surface area contributed by atoms with Crippen LogP contribution in [-0.2, 0) is 0 Å². The van der Waals surface area contributed by atoms with E-state index in [1.807, 2.05) is 0 Å². The van der Waals surface area contributed by atoms with Gasteiger partial charge in [0.1, 0.15) is 0 Å². The zero-order valence-electron chi connectivity index (χ0n) is 14.6. The van der Waals surface area contributed by atoms with E-state index in [2.05, 4.69) is 86.0 Å². The van der Waals surface area contributed by atoms with Crippen molar-refractivity contribution in [3.05, 3.63) is 93.7 Å². The topological polar surface area (TPSA) is 23.1 Å². The van der Waals surface area contributed by atoms with Gasteiger partial charge in [-0.1, -0.05) is 86.0 Å². The Balaban J connectivity index is 0.000000818. The minimum atomic E-state index is 0. The van der Waals surface area contributed by atoms with Gasteiger partial charge in [-0.05, 0) is 42.4 Å². The van der Waals surface area contributed by atoms with Gasteiger partial charge in [0.25, 0.3) is 0 Å². The van der Waals surface area contributed by atoms with Crippen LogP contribution < -0.4 is 32.5 Å². The fourth-order valence-electron chi connectivity index (χ4n) is 3.22. The van der Waals surface area contributed by atoms with E-state index in [0.29, 0.717) is 0 Å². The molecular formula is C23H19BrOSn. The van der Waals surface area contributed by atoms with Gasteiger partial charge < -0.3 is 22.1 Å². The number of hydrogen-bond acceptors (Lipinski definition) is 1. The predicted octanol–water partition coefficient (Wildman–Crippen LogP) is -0.300. The quantitative estimate of drug-likeness (QED) is 0.299. The number of hydrogen-bond donors (Lipinski definition) is 0. The van der Waals surface area contributed by atoms with Crippen molar-refractivity contribution in [2.45, 2.75) is 0 Å². The van der Waals surface area contributed by atoms with E-state index in [0.717, 1.165) is 17.5 Å². The molecule has 26 heavy (non-hydrogen) atoms. The van der Waals surface area contributed by atoms with Gasteiger partial charge in [-0.15, -0.1) is 0 Å². The zero-order chi connectivity index (χ0) is 17.1. The Hall–Kier alpha value is -1.62. The molecule has 0 atom stereocenters. The average Bonchev–Trinajstić information content (AvgIpc) is 2.64. The SMILES string of the molecule is C=c1ccc2ccccc2c1=c1c(=C)ccc2ccccc12.C[O-].[Br-].[Sn+2]. The molecule has 4 aromatic carbocycles. The van der Waals surface area contributed by atoms with E-state index >= 15 is 0 Å². The van der Waals surface area contributed by atoms with Crippen LogP contribution in [0.3, 0.4) is 0 Å². The summed E-state index contributed by atoms with van der Waals surface area (Å²) in [5, 5.41) is 17.7. The first-order valence-corrected chi connectivity index (χ1v) is 7.84. The van der Waals surface area contributed by atoms with Crippen molar-refractivity contribution in [3.63, 3.8) is 0 Å². The molecular weight excluding hydrogens is 491 g/mol. The van der Waals surface area contributed by atoms with Crippen LogP contribution in [0.1, 0.15) is 0 Å². The largest absolute Gasteiger partial charge is 2.00 e. The third kappa shape index (κ3) is 4.03. The van der Waals surface area contributed by atoms with Gasteiger partial charge in [0.2, 0.25) is 0 Å². The molecule has 0 saturated carbocycles. The maximum absolute atomic E-state index is 8.25. The Morgan fingerprint density at radius 3 is 1.31 bits per heavy atom. The fraction of sp³-hybridized carbons (Fsp3) is 0.0435. The van der Waals surface area contributed by atoms with Crippen LogP contribution >= 0.6 is 0 Å². The third-order valence-corrected chi connectivity index (χ3v) is 4.28. The molecule has 0 aromatic heterocycles. The molecule has 128 valence electrons. The molecule has 0 amide bonds. The Morgan fingerprint density at radius 2 is 0.923 bits per heavy atom. The van der Waals surface area contributed by atoms with Crippen LogP contribution in [0.4, 0.5) is 0 Å². The molecule has 0 fully saturated rings. The standard InChI is InChI=1S/C22H16.CH3O.BrH.Sn/c1-15-11-13-17-7-3-5-9-19(17)21(15)22-16(2)12-14-18-8-4-6-10-20(18)22;1-2;;/h3-14H,1-2H2;1H3;1H;/q;-1;;+2/p-1. The second kappa shape index (κ2) is 9.91. The molecule has 0 heterocycles. The van der Waals surface area contributed by atoms with Crippen LogP contribution in [0.25, 0.3) is 34.7 Å². The number of fused-ring (bicyclic) bond motifs is 2. The minimum absolute atomic E-state index is 0. The van der Waals surface area contributed by atoms with Crippen LogP contribution in [0.5, 0.6) is 0 Å². The second-order valence-corrected chi connectivity index (χ2v) is 5.64. The Kier molecular flexibility index (Phi) is 8.54. The number of rotatable bonds is 0. The molecule has 0 aliphatic carbocycles. The molecule has 2 radical (unpaired) electrons. The van der Waals surface area contributed by atoms with Crippen molar-refractivity contribution >= 4 is 58.6 Å². The Morgan fingerprint density at radius 1 is 0.577 bits per heavy atom. The van der Waals surface area contributed by atoms with Gasteiger partial charge >= 0.3 is 23.9 Å². The van der Waals surface area contributed by atoms with Gasteiger partial charge in [0.15, 0.2) is 0 Å². The van der Waals surface area contributed by atoms with E-state index < -0.39 is 0 Å². The van der Waals surface area contributed by atoms with Crippen molar-refractivity contribution in [2.24, 2.45) is 0 Å². The third-order valence-electron chi connectivity index (χ3n) is 4.28. The fourth-order valence-corrected chi connectivity index (χ4v) is 3.22. The summed E-state index contributed by atoms with van der Waals surface area (Å²) >= 11 is 0. The van der Waals surface area contributed by atoms with E-state index in [1.54, 1.807) is 0 Å². The summed E-state index contributed by atoms with van der Waals surface area (Å²) in [7, 11) is 0.750. The Labute approximate surface area is 180 Å². The van der Waals surface area contributed by atoms with Crippen LogP contribution in [0.2, 0.25) is 0 Å². The van der Waals surface area contributed by atoms with E-state index in [1.165, 1.54) is 32.0 Å². The van der Waals surface area contributed by atoms with Gasteiger partial charge in [-0.2, -0.15) is 7.11 Å². The number of halogens is 1. The summed E-state index contributed by atoms with van der Waals surface area (Å²) in [4.78, 5) is 0. The summed E-state index contributed by atoms with van der Waals surface area (Å²) in [6.07, 6.45) is 0. The first kappa shape index (κ1) is 22.4. The summed E-state index contributed by atoms with van der Waals surface area (Å²) < 4.78 is 0. The van der Waals surface area contributed by atoms with Crippen molar-refractivity contribution in [1.82, 2.24) is 0 Å². The second-order valence-electron chi connectivity index (χ2n) is 5.64. The maximum atomic E-state index is 8.25. The first-order chi connectivity index (χ1) is 11.8. The monoisotopic (exact) mass is 510 g/mol. The molecule has 1 nitrogen and oxygen atoms in total. The van der Waals surface area contributed by atoms with E-state index in [4.69, 9.17) is 5.11 Å². The van der Waals surface area contributed by atoms with E-state index in [9.17, 15) is 0 Å². The molecule has 4 aromatic rings. The maximum Gasteiger partial charge on any atom is 2.00 e. The zero-order valence-corrected chi connectivity index (χ0v) is 19.1. The molecule has 0 bridgehead atoms. The average molecular weight is 510 g/mol. The smallest absolute Gasteiger partial charge is 1.00 e. The van der Waals surface area contributed by atoms with Gasteiger partial charge in [-0.25, -0.2) is 0 Å². The first-order valence-electron chi connectivity index (χ1n) is 7.84. The van der Waals surface area contributed by atoms with Crippen molar-refractivity contribution in [3.8, 4) is 0 Å². The molecule has 4 rings (SSSR count). The molecule has 0 N–H and O–H groups in total. The predicted molar refractivity (Wildman–Crippen MR) is 108 cm³/mol. The summed E-state index contributed by atoms with van der Waals surface area (Å²) in [6.45, 7) is 8.53. The molecule has 0 aliphatic rings. The van der Waals surface area contributed by atoms with E-state index in [-0.39, 0.29) is 40.9 Å². The minimum Gasteiger partial charge on any atom is -1.00 e. The Bertz CT molecular complexity index is 1120. The van der Waals surface area contributed by atoms with Crippen molar-refractivity contribution in [2.75, 3.05) is 7.11 Å². The molecule has 3 heteroatoms. The van der Waals surface area contributed by atoms with Crippen LogP contribution in [0.15, 0.2) is 72.8 Å². The molecule has 0 spiro atoms.